The molecule has 1 N–H and O–H groups in total. The zero-order valence-corrected chi connectivity index (χ0v) is 13.2. The van der Waals surface area contributed by atoms with Crippen molar-refractivity contribution in [3.05, 3.63) is 60.3 Å². The fraction of sp³-hybridized carbons (Fsp3) is 0.211. The largest absolute Gasteiger partial charge is 0.464 e. The highest BCUT2D eigenvalue weighted by Crippen LogP contribution is 2.37. The number of aliphatic hydroxyl groups is 1. The molecule has 0 spiro atoms. The third kappa shape index (κ3) is 2.62. The van der Waals surface area contributed by atoms with Gasteiger partial charge in [0, 0.05) is 23.5 Å². The molecule has 1 aromatic heterocycles. The fourth-order valence-corrected chi connectivity index (χ4v) is 2.97. The molecule has 0 saturated carbocycles. The predicted molar refractivity (Wildman–Crippen MR) is 89.9 cm³/mol. The van der Waals surface area contributed by atoms with Gasteiger partial charge in [0.25, 0.3) is 0 Å². The summed E-state index contributed by atoms with van der Waals surface area (Å²) in [6.07, 6.45) is -1.32. The van der Waals surface area contributed by atoms with E-state index in [9.17, 15) is 9.90 Å². The summed E-state index contributed by atoms with van der Waals surface area (Å²) in [6.45, 7) is 1.96. The second kappa shape index (κ2) is 6.26. The van der Waals surface area contributed by atoms with Crippen molar-refractivity contribution >= 4 is 16.9 Å². The van der Waals surface area contributed by atoms with Gasteiger partial charge in [-0.15, -0.1) is 0 Å². The number of benzene rings is 2. The highest BCUT2D eigenvalue weighted by atomic mass is 16.5. The van der Waals surface area contributed by atoms with Crippen LogP contribution in [-0.2, 0) is 16.6 Å². The molecule has 1 unspecified atom stereocenters. The average molecular weight is 309 g/mol. The predicted octanol–water partition coefficient (Wildman–Crippen LogP) is 3.44. The monoisotopic (exact) mass is 309 g/mol. The van der Waals surface area contributed by atoms with Crippen molar-refractivity contribution in [3.63, 3.8) is 0 Å². The van der Waals surface area contributed by atoms with Crippen LogP contribution in [0.15, 0.2) is 54.6 Å². The molecule has 0 amide bonds. The summed E-state index contributed by atoms with van der Waals surface area (Å²) in [4.78, 5) is 12.1. The van der Waals surface area contributed by atoms with E-state index in [1.54, 1.807) is 6.92 Å². The maximum absolute atomic E-state index is 12.1. The molecule has 1 atom stereocenters. The molecule has 0 aliphatic rings. The second-order valence-electron chi connectivity index (χ2n) is 5.36. The van der Waals surface area contributed by atoms with Gasteiger partial charge >= 0.3 is 5.97 Å². The zero-order chi connectivity index (χ0) is 16.4. The summed E-state index contributed by atoms with van der Waals surface area (Å²) in [7, 11) is 1.85. The van der Waals surface area contributed by atoms with Gasteiger partial charge in [-0.05, 0) is 18.6 Å². The van der Waals surface area contributed by atoms with Crippen molar-refractivity contribution in [1.82, 2.24) is 4.57 Å². The third-order valence-corrected chi connectivity index (χ3v) is 3.98. The summed E-state index contributed by atoms with van der Waals surface area (Å²) in [5.74, 6) is -0.629. The highest BCUT2D eigenvalue weighted by Gasteiger charge is 2.28. The Morgan fingerprint density at radius 2 is 1.78 bits per heavy atom. The molecule has 2 aromatic carbocycles. The normalized spacial score (nSPS) is 12.3. The Labute approximate surface area is 134 Å². The number of nitrogens with zero attached hydrogens (tertiary/aromatic N) is 1. The van der Waals surface area contributed by atoms with Crippen LogP contribution in [0, 0.1) is 0 Å². The number of para-hydroxylation sites is 1. The van der Waals surface area contributed by atoms with Gasteiger partial charge in [-0.25, -0.2) is 4.79 Å². The van der Waals surface area contributed by atoms with Gasteiger partial charge in [0.15, 0.2) is 6.10 Å². The first kappa shape index (κ1) is 15.3. The van der Waals surface area contributed by atoms with E-state index >= 15 is 0 Å². The van der Waals surface area contributed by atoms with Crippen LogP contribution in [0.3, 0.4) is 0 Å². The van der Waals surface area contributed by atoms with E-state index < -0.39 is 12.1 Å². The van der Waals surface area contributed by atoms with Gasteiger partial charge in [-0.2, -0.15) is 0 Å². The number of carbonyl (C=O) groups excluding carboxylic acids is 1. The fourth-order valence-electron chi connectivity index (χ4n) is 2.97. The molecule has 4 heteroatoms. The summed E-state index contributed by atoms with van der Waals surface area (Å²) in [5, 5.41) is 11.5. The number of aromatic nitrogens is 1. The SMILES string of the molecule is CCOC(=O)C(O)c1c(-c2ccccc2)c2ccccc2n1C. The second-order valence-corrected chi connectivity index (χ2v) is 5.36. The molecule has 0 saturated heterocycles. The first-order valence-corrected chi connectivity index (χ1v) is 7.62. The van der Waals surface area contributed by atoms with Crippen LogP contribution in [0.2, 0.25) is 0 Å². The van der Waals surface area contributed by atoms with Crippen molar-refractivity contribution in [2.75, 3.05) is 6.61 Å². The molecule has 0 bridgehead atoms. The lowest BCUT2D eigenvalue weighted by atomic mass is 9.99. The minimum absolute atomic E-state index is 0.237. The average Bonchev–Trinajstić information content (AvgIpc) is 2.88. The Bertz CT molecular complexity index is 836. The summed E-state index contributed by atoms with van der Waals surface area (Å²) in [6, 6.07) is 17.6. The third-order valence-electron chi connectivity index (χ3n) is 3.98. The van der Waals surface area contributed by atoms with Gasteiger partial charge in [0.05, 0.1) is 12.3 Å². The van der Waals surface area contributed by atoms with Crippen LogP contribution in [0.5, 0.6) is 0 Å². The van der Waals surface area contributed by atoms with Gasteiger partial charge in [-0.1, -0.05) is 48.5 Å². The minimum atomic E-state index is -1.32. The zero-order valence-electron chi connectivity index (χ0n) is 13.2. The summed E-state index contributed by atoms with van der Waals surface area (Å²) < 4.78 is 6.86. The molecule has 0 fully saturated rings. The number of ether oxygens (including phenoxy) is 1. The number of hydrogen-bond acceptors (Lipinski definition) is 3. The Morgan fingerprint density at radius 3 is 2.48 bits per heavy atom. The Balaban J connectivity index is 2.28. The molecular formula is C19H19NO3. The standard InChI is InChI=1S/C19H19NO3/c1-3-23-19(22)18(21)17-16(13-9-5-4-6-10-13)14-11-7-8-12-15(14)20(17)2/h4-12,18,21H,3H2,1-2H3. The van der Waals surface area contributed by atoms with E-state index in [1.165, 1.54) is 0 Å². The molecule has 4 nitrogen and oxygen atoms in total. The van der Waals surface area contributed by atoms with Crippen molar-refractivity contribution < 1.29 is 14.6 Å². The topological polar surface area (TPSA) is 51.5 Å². The van der Waals surface area contributed by atoms with E-state index in [0.29, 0.717) is 5.69 Å². The maximum atomic E-state index is 12.1. The Hall–Kier alpha value is -2.59. The summed E-state index contributed by atoms with van der Waals surface area (Å²) >= 11 is 0. The van der Waals surface area contributed by atoms with Crippen molar-refractivity contribution in [3.8, 4) is 11.1 Å². The molecule has 3 aromatic rings. The quantitative estimate of drug-likeness (QED) is 0.751. The van der Waals surface area contributed by atoms with Crippen LogP contribution in [0.25, 0.3) is 22.0 Å². The molecule has 118 valence electrons. The lowest BCUT2D eigenvalue weighted by Gasteiger charge is -2.14. The Morgan fingerprint density at radius 1 is 1.13 bits per heavy atom. The van der Waals surface area contributed by atoms with E-state index in [2.05, 4.69) is 0 Å². The van der Waals surface area contributed by atoms with Gasteiger partial charge < -0.3 is 14.4 Å². The van der Waals surface area contributed by atoms with Gasteiger partial charge in [0.2, 0.25) is 0 Å². The molecule has 0 aliphatic heterocycles. The van der Waals surface area contributed by atoms with Gasteiger partial charge in [0.1, 0.15) is 0 Å². The van der Waals surface area contributed by atoms with Gasteiger partial charge in [-0.3, -0.25) is 0 Å². The van der Waals surface area contributed by atoms with E-state index in [-0.39, 0.29) is 6.61 Å². The smallest absolute Gasteiger partial charge is 0.341 e. The minimum Gasteiger partial charge on any atom is -0.464 e. The van der Waals surface area contributed by atoms with Crippen LogP contribution in [0.1, 0.15) is 18.7 Å². The molecule has 0 radical (unpaired) electrons. The summed E-state index contributed by atoms with van der Waals surface area (Å²) in [5.41, 5.74) is 3.34. The van der Waals surface area contributed by atoms with E-state index in [4.69, 9.17) is 4.74 Å². The van der Waals surface area contributed by atoms with E-state index in [0.717, 1.165) is 22.0 Å². The highest BCUT2D eigenvalue weighted by molar-refractivity contribution is 6.00. The molecular weight excluding hydrogens is 290 g/mol. The molecule has 23 heavy (non-hydrogen) atoms. The van der Waals surface area contributed by atoms with Crippen molar-refractivity contribution in [2.45, 2.75) is 13.0 Å². The first-order valence-electron chi connectivity index (χ1n) is 7.62. The number of aryl methyl sites for hydroxylation is 1. The van der Waals surface area contributed by atoms with Crippen LogP contribution >= 0.6 is 0 Å². The lowest BCUT2D eigenvalue weighted by molar-refractivity contribution is -0.153. The maximum Gasteiger partial charge on any atom is 0.341 e. The number of hydrogen-bond donors (Lipinski definition) is 1. The number of fused-ring (bicyclic) bond motifs is 1. The van der Waals surface area contributed by atoms with Crippen molar-refractivity contribution in [2.24, 2.45) is 7.05 Å². The number of carbonyl (C=O) groups is 1. The Kier molecular flexibility index (Phi) is 4.17. The van der Waals surface area contributed by atoms with Crippen LogP contribution < -0.4 is 0 Å². The molecule has 3 rings (SSSR count). The van der Waals surface area contributed by atoms with Crippen LogP contribution in [0.4, 0.5) is 0 Å². The van der Waals surface area contributed by atoms with Crippen molar-refractivity contribution in [1.29, 1.82) is 0 Å². The molecule has 1 heterocycles. The lowest BCUT2D eigenvalue weighted by Crippen LogP contribution is -2.18. The number of aliphatic hydroxyl groups excluding tert-OH is 1. The number of rotatable bonds is 4. The molecule has 0 aliphatic carbocycles. The van der Waals surface area contributed by atoms with Crippen LogP contribution in [-0.4, -0.2) is 22.2 Å². The van der Waals surface area contributed by atoms with E-state index in [1.807, 2.05) is 66.2 Å². The number of esters is 1. The first-order chi connectivity index (χ1) is 11.1.